The van der Waals surface area contributed by atoms with Crippen molar-refractivity contribution in [1.82, 2.24) is 4.98 Å². The van der Waals surface area contributed by atoms with Gasteiger partial charge in [-0.05, 0) is 39.9 Å². The molecule has 2 N–H and O–H groups in total. The molecule has 1 aliphatic rings. The van der Waals surface area contributed by atoms with Gasteiger partial charge in [0.05, 0.1) is 0 Å². The van der Waals surface area contributed by atoms with Gasteiger partial charge in [0, 0.05) is 16.7 Å². The fourth-order valence-electron chi connectivity index (χ4n) is 1.55. The second-order valence-corrected chi connectivity index (χ2v) is 5.06. The van der Waals surface area contributed by atoms with Crippen LogP contribution in [0, 0.1) is 5.92 Å². The summed E-state index contributed by atoms with van der Waals surface area (Å²) in [6, 6.07) is 1.93. The molecule has 4 heteroatoms. The number of hydrogen-bond acceptors (Lipinski definition) is 2. The Bertz CT molecular complexity index is 339. The molecule has 1 atom stereocenters. The molecule has 1 aliphatic carbocycles. The highest BCUT2D eigenvalue weighted by atomic mass is 79.9. The van der Waals surface area contributed by atoms with E-state index in [0.29, 0.717) is 5.15 Å². The summed E-state index contributed by atoms with van der Waals surface area (Å²) in [5, 5.41) is 0.509. The Morgan fingerprint density at radius 1 is 1.64 bits per heavy atom. The molecule has 0 bridgehead atoms. The van der Waals surface area contributed by atoms with Gasteiger partial charge >= 0.3 is 0 Å². The number of hydrogen-bond donors (Lipinski definition) is 1. The van der Waals surface area contributed by atoms with E-state index < -0.39 is 0 Å². The molecular weight excluding hydrogens is 263 g/mol. The summed E-state index contributed by atoms with van der Waals surface area (Å²) in [5.41, 5.74) is 7.16. The van der Waals surface area contributed by atoms with E-state index in [9.17, 15) is 0 Å². The lowest BCUT2D eigenvalue weighted by atomic mass is 10.0. The SMILES string of the molecule is N[C@H](CC1CC1)c1cc(Cl)ncc1Br. The molecule has 76 valence electrons. The van der Waals surface area contributed by atoms with Crippen LogP contribution in [0.1, 0.15) is 30.9 Å². The van der Waals surface area contributed by atoms with Crippen LogP contribution in [-0.2, 0) is 0 Å². The minimum absolute atomic E-state index is 0.0809. The monoisotopic (exact) mass is 274 g/mol. The van der Waals surface area contributed by atoms with Crippen molar-refractivity contribution in [3.63, 3.8) is 0 Å². The van der Waals surface area contributed by atoms with Crippen LogP contribution in [0.15, 0.2) is 16.7 Å². The summed E-state index contributed by atoms with van der Waals surface area (Å²) < 4.78 is 0.954. The topological polar surface area (TPSA) is 38.9 Å². The van der Waals surface area contributed by atoms with E-state index in [1.807, 2.05) is 6.07 Å². The Kier molecular flexibility index (Phi) is 3.10. The Hall–Kier alpha value is -0.120. The van der Waals surface area contributed by atoms with Gasteiger partial charge in [-0.25, -0.2) is 4.98 Å². The van der Waals surface area contributed by atoms with Crippen molar-refractivity contribution in [1.29, 1.82) is 0 Å². The largest absolute Gasteiger partial charge is 0.324 e. The van der Waals surface area contributed by atoms with E-state index in [-0.39, 0.29) is 6.04 Å². The Morgan fingerprint density at radius 3 is 3.00 bits per heavy atom. The zero-order valence-corrected chi connectivity index (χ0v) is 10.1. The van der Waals surface area contributed by atoms with Crippen LogP contribution in [0.4, 0.5) is 0 Å². The number of aromatic nitrogens is 1. The maximum absolute atomic E-state index is 6.09. The summed E-state index contributed by atoms with van der Waals surface area (Å²) in [6.07, 6.45) is 5.41. The molecule has 2 nitrogen and oxygen atoms in total. The highest BCUT2D eigenvalue weighted by Gasteiger charge is 2.25. The van der Waals surface area contributed by atoms with Gasteiger partial charge in [0.2, 0.25) is 0 Å². The smallest absolute Gasteiger partial charge is 0.129 e. The van der Waals surface area contributed by atoms with E-state index in [2.05, 4.69) is 20.9 Å². The predicted molar refractivity (Wildman–Crippen MR) is 61.2 cm³/mol. The molecule has 1 aromatic heterocycles. The molecule has 14 heavy (non-hydrogen) atoms. The Balaban J connectivity index is 2.15. The van der Waals surface area contributed by atoms with Gasteiger partial charge in [-0.1, -0.05) is 24.4 Å². The molecule has 1 heterocycles. The average Bonchev–Trinajstić information content (AvgIpc) is 2.93. The first-order valence-electron chi connectivity index (χ1n) is 4.73. The highest BCUT2D eigenvalue weighted by molar-refractivity contribution is 9.10. The number of halogens is 2. The van der Waals surface area contributed by atoms with Crippen LogP contribution >= 0.6 is 27.5 Å². The molecule has 1 saturated carbocycles. The van der Waals surface area contributed by atoms with Crippen LogP contribution < -0.4 is 5.73 Å². The molecule has 1 fully saturated rings. The summed E-state index contributed by atoms with van der Waals surface area (Å²) in [7, 11) is 0. The van der Waals surface area contributed by atoms with E-state index >= 15 is 0 Å². The lowest BCUT2D eigenvalue weighted by Gasteiger charge is -2.13. The van der Waals surface area contributed by atoms with Crippen LogP contribution in [0.3, 0.4) is 0 Å². The number of nitrogens with two attached hydrogens (primary N) is 1. The molecular formula is C10H12BrClN2. The maximum Gasteiger partial charge on any atom is 0.129 e. The third-order valence-corrected chi connectivity index (χ3v) is 3.40. The van der Waals surface area contributed by atoms with Crippen molar-refractivity contribution in [2.45, 2.75) is 25.3 Å². The molecule has 1 aromatic rings. The van der Waals surface area contributed by atoms with Crippen molar-refractivity contribution in [3.05, 3.63) is 27.5 Å². The maximum atomic E-state index is 6.09. The third-order valence-electron chi connectivity index (χ3n) is 2.54. The summed E-state index contributed by atoms with van der Waals surface area (Å²) >= 11 is 9.27. The van der Waals surface area contributed by atoms with Crippen LogP contribution in [0.5, 0.6) is 0 Å². The average molecular weight is 276 g/mol. The molecule has 0 spiro atoms. The number of nitrogens with zero attached hydrogens (tertiary/aromatic N) is 1. The van der Waals surface area contributed by atoms with Crippen LogP contribution in [0.25, 0.3) is 0 Å². The lowest BCUT2D eigenvalue weighted by Crippen LogP contribution is -2.11. The van der Waals surface area contributed by atoms with E-state index in [1.165, 1.54) is 12.8 Å². The van der Waals surface area contributed by atoms with Crippen molar-refractivity contribution in [3.8, 4) is 0 Å². The third kappa shape index (κ3) is 2.47. The summed E-state index contributed by atoms with van der Waals surface area (Å²) in [5.74, 6) is 0.823. The normalized spacial score (nSPS) is 18.2. The summed E-state index contributed by atoms with van der Waals surface area (Å²) in [4.78, 5) is 3.98. The standard InChI is InChI=1S/C10H12BrClN2/c11-8-5-14-10(12)4-7(8)9(13)3-6-1-2-6/h4-6,9H,1-3,13H2/t9-/m1/s1. The van der Waals surface area contributed by atoms with Gasteiger partial charge in [0.15, 0.2) is 0 Å². The first-order chi connectivity index (χ1) is 6.66. The first-order valence-corrected chi connectivity index (χ1v) is 5.90. The van der Waals surface area contributed by atoms with Gasteiger partial charge in [-0.15, -0.1) is 0 Å². The number of rotatable bonds is 3. The molecule has 0 aromatic carbocycles. The number of pyridine rings is 1. The van der Waals surface area contributed by atoms with Crippen LogP contribution in [0.2, 0.25) is 5.15 Å². The van der Waals surface area contributed by atoms with Crippen molar-refractivity contribution < 1.29 is 0 Å². The molecule has 0 unspecified atom stereocenters. The molecule has 0 radical (unpaired) electrons. The zero-order valence-electron chi connectivity index (χ0n) is 7.71. The predicted octanol–water partition coefficient (Wildman–Crippen LogP) is 3.30. The van der Waals surface area contributed by atoms with E-state index in [1.54, 1.807) is 6.20 Å². The van der Waals surface area contributed by atoms with Gasteiger partial charge in [0.1, 0.15) is 5.15 Å². The van der Waals surface area contributed by atoms with Crippen molar-refractivity contribution in [2.24, 2.45) is 11.7 Å². The minimum Gasteiger partial charge on any atom is -0.324 e. The van der Waals surface area contributed by atoms with Gasteiger partial charge in [0.25, 0.3) is 0 Å². The molecule has 2 rings (SSSR count). The van der Waals surface area contributed by atoms with Gasteiger partial charge < -0.3 is 5.73 Å². The van der Waals surface area contributed by atoms with Gasteiger partial charge in [-0.3, -0.25) is 0 Å². The van der Waals surface area contributed by atoms with Crippen molar-refractivity contribution >= 4 is 27.5 Å². The quantitative estimate of drug-likeness (QED) is 0.860. The van der Waals surface area contributed by atoms with Crippen molar-refractivity contribution in [2.75, 3.05) is 0 Å². The fraction of sp³-hybridized carbons (Fsp3) is 0.500. The van der Waals surface area contributed by atoms with Gasteiger partial charge in [-0.2, -0.15) is 0 Å². The molecule has 0 saturated heterocycles. The first kappa shape index (κ1) is 10.4. The fourth-order valence-corrected chi connectivity index (χ4v) is 2.23. The van der Waals surface area contributed by atoms with E-state index in [0.717, 1.165) is 22.4 Å². The Morgan fingerprint density at radius 2 is 2.36 bits per heavy atom. The summed E-state index contributed by atoms with van der Waals surface area (Å²) in [6.45, 7) is 0. The minimum atomic E-state index is 0.0809. The molecule has 0 aliphatic heterocycles. The Labute approximate surface area is 97.0 Å². The van der Waals surface area contributed by atoms with Crippen LogP contribution in [-0.4, -0.2) is 4.98 Å². The zero-order chi connectivity index (χ0) is 10.1. The van der Waals surface area contributed by atoms with E-state index in [4.69, 9.17) is 17.3 Å². The molecule has 0 amide bonds. The highest BCUT2D eigenvalue weighted by Crippen LogP contribution is 2.38. The lowest BCUT2D eigenvalue weighted by molar-refractivity contribution is 0.594. The second kappa shape index (κ2) is 4.17. The second-order valence-electron chi connectivity index (χ2n) is 3.81.